The fraction of sp³-hybridized carbons (Fsp3) is 0.143. The van der Waals surface area contributed by atoms with Crippen molar-refractivity contribution in [1.82, 2.24) is 4.98 Å². The Morgan fingerprint density at radius 2 is 2.00 bits per heavy atom. The van der Waals surface area contributed by atoms with E-state index < -0.39 is 17.5 Å². The Bertz CT molecular complexity index is 676. The Labute approximate surface area is 128 Å². The lowest BCUT2D eigenvalue weighted by Gasteiger charge is -2.15. The molecule has 0 bridgehead atoms. The van der Waals surface area contributed by atoms with Gasteiger partial charge in [-0.15, -0.1) is 0 Å². The highest BCUT2D eigenvalue weighted by atomic mass is 127. The van der Waals surface area contributed by atoms with E-state index in [1.165, 1.54) is 6.07 Å². The maximum atomic E-state index is 13.3. The lowest BCUT2D eigenvalue weighted by Crippen LogP contribution is -2.17. The summed E-state index contributed by atoms with van der Waals surface area (Å²) in [4.78, 5) is 15.7. The molecule has 1 aromatic carbocycles. The Balaban J connectivity index is 2.50. The van der Waals surface area contributed by atoms with Crippen molar-refractivity contribution in [3.05, 3.63) is 62.5 Å². The highest BCUT2D eigenvalue weighted by Crippen LogP contribution is 2.27. The van der Waals surface area contributed by atoms with Gasteiger partial charge in [-0.1, -0.05) is 13.0 Å². The number of aromatic nitrogens is 1. The number of amides is 1. The summed E-state index contributed by atoms with van der Waals surface area (Å²) in [5, 5.41) is 0. The van der Waals surface area contributed by atoms with Gasteiger partial charge < -0.3 is 5.73 Å². The number of carbonyl (C=O) groups is 1. The van der Waals surface area contributed by atoms with Gasteiger partial charge >= 0.3 is 0 Å². The first kappa shape index (κ1) is 14.8. The van der Waals surface area contributed by atoms with Gasteiger partial charge in [0, 0.05) is 15.7 Å². The van der Waals surface area contributed by atoms with Crippen molar-refractivity contribution in [3.63, 3.8) is 0 Å². The van der Waals surface area contributed by atoms with Gasteiger partial charge in [0.2, 0.25) is 0 Å². The van der Waals surface area contributed by atoms with E-state index in [1.54, 1.807) is 19.2 Å². The summed E-state index contributed by atoms with van der Waals surface area (Å²) in [7, 11) is 0. The van der Waals surface area contributed by atoms with Crippen molar-refractivity contribution in [2.24, 2.45) is 5.73 Å². The zero-order valence-corrected chi connectivity index (χ0v) is 12.7. The van der Waals surface area contributed by atoms with Crippen LogP contribution in [0.1, 0.15) is 34.5 Å². The number of primary amides is 1. The first-order valence-electron chi connectivity index (χ1n) is 5.80. The molecule has 0 unspecified atom stereocenters. The van der Waals surface area contributed by atoms with E-state index in [2.05, 4.69) is 4.98 Å². The van der Waals surface area contributed by atoms with Crippen molar-refractivity contribution < 1.29 is 13.6 Å². The normalized spacial score (nSPS) is 12.2. The Morgan fingerprint density at radius 3 is 2.60 bits per heavy atom. The van der Waals surface area contributed by atoms with Crippen LogP contribution in [0.15, 0.2) is 30.5 Å². The summed E-state index contributed by atoms with van der Waals surface area (Å²) in [6.07, 6.45) is 1.60. The van der Waals surface area contributed by atoms with E-state index in [0.717, 1.165) is 15.7 Å². The zero-order valence-electron chi connectivity index (χ0n) is 10.5. The molecule has 0 aliphatic carbocycles. The molecule has 0 saturated heterocycles. The van der Waals surface area contributed by atoms with Gasteiger partial charge in [0.05, 0.1) is 11.3 Å². The molecule has 104 valence electrons. The van der Waals surface area contributed by atoms with Gasteiger partial charge in [-0.2, -0.15) is 0 Å². The maximum absolute atomic E-state index is 13.3. The Kier molecular flexibility index (Phi) is 4.32. The van der Waals surface area contributed by atoms with Crippen molar-refractivity contribution >= 4 is 28.5 Å². The van der Waals surface area contributed by atoms with Crippen molar-refractivity contribution in [1.29, 1.82) is 0 Å². The van der Waals surface area contributed by atoms with Crippen LogP contribution >= 0.6 is 22.6 Å². The molecular weight excluding hydrogens is 377 g/mol. The molecule has 0 aliphatic heterocycles. The third kappa shape index (κ3) is 2.95. The number of hydrogen-bond donors (Lipinski definition) is 1. The molecule has 0 spiro atoms. The average molecular weight is 388 g/mol. The van der Waals surface area contributed by atoms with Crippen LogP contribution in [0.3, 0.4) is 0 Å². The molecule has 1 aromatic heterocycles. The molecular formula is C14H11F2IN2O. The molecule has 20 heavy (non-hydrogen) atoms. The predicted octanol–water partition coefficient (Wildman–Crippen LogP) is 3.22. The monoisotopic (exact) mass is 388 g/mol. The van der Waals surface area contributed by atoms with Crippen molar-refractivity contribution in [2.75, 3.05) is 0 Å². The predicted molar refractivity (Wildman–Crippen MR) is 79.3 cm³/mol. The summed E-state index contributed by atoms with van der Waals surface area (Å²) in [5.41, 5.74) is 6.60. The fourth-order valence-corrected chi connectivity index (χ4v) is 2.38. The number of benzene rings is 1. The second-order valence-electron chi connectivity index (χ2n) is 4.35. The smallest absolute Gasteiger partial charge is 0.250 e. The van der Waals surface area contributed by atoms with Gasteiger partial charge in [0.25, 0.3) is 5.91 Å². The SMILES string of the molecule is C[C@@H](c1ccc(F)c(F)c1)c1ncc(I)cc1C(N)=O. The van der Waals surface area contributed by atoms with Crippen LogP contribution in [-0.2, 0) is 0 Å². The molecule has 6 heteroatoms. The number of carbonyl (C=O) groups excluding carboxylic acids is 1. The Hall–Kier alpha value is -1.57. The average Bonchev–Trinajstić information content (AvgIpc) is 2.41. The van der Waals surface area contributed by atoms with Crippen LogP contribution in [0, 0.1) is 15.2 Å². The van der Waals surface area contributed by atoms with E-state index in [0.29, 0.717) is 11.3 Å². The van der Waals surface area contributed by atoms with Gasteiger partial charge in [0.15, 0.2) is 11.6 Å². The number of rotatable bonds is 3. The molecule has 2 rings (SSSR count). The van der Waals surface area contributed by atoms with Crippen LogP contribution in [-0.4, -0.2) is 10.9 Å². The highest BCUT2D eigenvalue weighted by molar-refractivity contribution is 14.1. The molecule has 0 aliphatic rings. The van der Waals surface area contributed by atoms with Gasteiger partial charge in [0.1, 0.15) is 0 Å². The quantitative estimate of drug-likeness (QED) is 0.822. The van der Waals surface area contributed by atoms with Crippen LogP contribution in [0.5, 0.6) is 0 Å². The summed E-state index contributed by atoms with van der Waals surface area (Å²) in [5.74, 6) is -2.81. The summed E-state index contributed by atoms with van der Waals surface area (Å²) in [6, 6.07) is 5.25. The maximum Gasteiger partial charge on any atom is 0.250 e. The Morgan fingerprint density at radius 1 is 1.30 bits per heavy atom. The number of pyridine rings is 1. The van der Waals surface area contributed by atoms with Crippen LogP contribution < -0.4 is 5.73 Å². The van der Waals surface area contributed by atoms with Crippen molar-refractivity contribution in [2.45, 2.75) is 12.8 Å². The summed E-state index contributed by atoms with van der Waals surface area (Å²) in [6.45, 7) is 1.76. The fourth-order valence-electron chi connectivity index (χ4n) is 1.93. The number of hydrogen-bond acceptors (Lipinski definition) is 2. The minimum Gasteiger partial charge on any atom is -0.366 e. The van der Waals surface area contributed by atoms with Gasteiger partial charge in [-0.3, -0.25) is 9.78 Å². The standard InChI is InChI=1S/C14H11F2IN2O/c1-7(8-2-3-11(15)12(16)4-8)13-10(14(18)20)5-9(17)6-19-13/h2-7H,1H3,(H2,18,20)/t7-/m0/s1. The number of nitrogens with zero attached hydrogens (tertiary/aromatic N) is 1. The molecule has 1 atom stereocenters. The number of nitrogens with two attached hydrogens (primary N) is 1. The largest absolute Gasteiger partial charge is 0.366 e. The molecule has 1 amide bonds. The van der Waals surface area contributed by atoms with Gasteiger partial charge in [-0.25, -0.2) is 8.78 Å². The van der Waals surface area contributed by atoms with E-state index >= 15 is 0 Å². The highest BCUT2D eigenvalue weighted by Gasteiger charge is 2.19. The van der Waals surface area contributed by atoms with E-state index in [1.807, 2.05) is 22.6 Å². The first-order valence-corrected chi connectivity index (χ1v) is 6.88. The molecule has 2 N–H and O–H groups in total. The first-order chi connectivity index (χ1) is 9.40. The molecule has 0 radical (unpaired) electrons. The third-order valence-corrected chi connectivity index (χ3v) is 3.59. The topological polar surface area (TPSA) is 56.0 Å². The van der Waals surface area contributed by atoms with Crippen LogP contribution in [0.25, 0.3) is 0 Å². The van der Waals surface area contributed by atoms with Gasteiger partial charge in [-0.05, 0) is 46.4 Å². The number of halogens is 3. The zero-order chi connectivity index (χ0) is 14.9. The van der Waals surface area contributed by atoms with E-state index in [4.69, 9.17) is 5.73 Å². The molecule has 3 nitrogen and oxygen atoms in total. The lowest BCUT2D eigenvalue weighted by atomic mass is 9.93. The molecule has 0 saturated carbocycles. The molecule has 2 aromatic rings. The third-order valence-electron chi connectivity index (χ3n) is 3.00. The minimum atomic E-state index is -0.930. The van der Waals surface area contributed by atoms with E-state index in [9.17, 15) is 13.6 Å². The van der Waals surface area contributed by atoms with Crippen molar-refractivity contribution in [3.8, 4) is 0 Å². The van der Waals surface area contributed by atoms with Crippen LogP contribution in [0.4, 0.5) is 8.78 Å². The second-order valence-corrected chi connectivity index (χ2v) is 5.59. The summed E-state index contributed by atoms with van der Waals surface area (Å²) >= 11 is 2.02. The van der Waals surface area contributed by atoms with Crippen LogP contribution in [0.2, 0.25) is 0 Å². The molecule has 1 heterocycles. The summed E-state index contributed by atoms with van der Waals surface area (Å²) < 4.78 is 27.0. The van der Waals surface area contributed by atoms with E-state index in [-0.39, 0.29) is 11.5 Å². The second kappa shape index (κ2) is 5.82. The lowest BCUT2D eigenvalue weighted by molar-refractivity contribution is 0.0998. The minimum absolute atomic E-state index is 0.286. The molecule has 0 fully saturated rings.